The molecule has 0 atom stereocenters. The van der Waals surface area contributed by atoms with Crippen LogP contribution in [0.2, 0.25) is 0 Å². The highest BCUT2D eigenvalue weighted by atomic mass is 32.2. The molecule has 0 radical (unpaired) electrons. The number of hydrogen-bond donors (Lipinski definition) is 1. The molecule has 1 aromatic heterocycles. The van der Waals surface area contributed by atoms with Crippen molar-refractivity contribution in [2.24, 2.45) is 5.73 Å². The molecule has 0 saturated carbocycles. The van der Waals surface area contributed by atoms with Gasteiger partial charge in [0.25, 0.3) is 0 Å². The third kappa shape index (κ3) is 5.83. The van der Waals surface area contributed by atoms with Crippen molar-refractivity contribution in [1.29, 1.82) is 5.26 Å². The van der Waals surface area contributed by atoms with Crippen LogP contribution in [0.4, 0.5) is 16.2 Å². The summed E-state index contributed by atoms with van der Waals surface area (Å²) in [6.07, 6.45) is 3.54. The van der Waals surface area contributed by atoms with Gasteiger partial charge in [0.1, 0.15) is 17.5 Å². The first kappa shape index (κ1) is 28.4. The predicted octanol–water partition coefficient (Wildman–Crippen LogP) is 4.60. The Morgan fingerprint density at radius 3 is 2.70 bits per heavy atom. The van der Waals surface area contributed by atoms with E-state index in [9.17, 15) is 18.5 Å². The number of rotatable bonds is 9. The Hall–Kier alpha value is -4.70. The van der Waals surface area contributed by atoms with Crippen LogP contribution in [0.5, 0.6) is 17.2 Å². The molecule has 43 heavy (non-hydrogen) atoms. The van der Waals surface area contributed by atoms with Crippen molar-refractivity contribution in [2.75, 3.05) is 50.6 Å². The Morgan fingerprint density at radius 1 is 1.14 bits per heavy atom. The summed E-state index contributed by atoms with van der Waals surface area (Å²) in [5, 5.41) is 10.7. The van der Waals surface area contributed by atoms with Crippen molar-refractivity contribution in [1.82, 2.24) is 9.88 Å². The van der Waals surface area contributed by atoms with Crippen LogP contribution in [0.3, 0.4) is 0 Å². The first-order valence-electron chi connectivity index (χ1n) is 13.8. The third-order valence-electron chi connectivity index (χ3n) is 7.45. The van der Waals surface area contributed by atoms with Crippen molar-refractivity contribution in [3.05, 3.63) is 66.4 Å². The number of fused-ring (bicyclic) bond motifs is 2. The Labute approximate surface area is 248 Å². The first-order chi connectivity index (χ1) is 20.7. The lowest BCUT2D eigenvalue weighted by molar-refractivity contribution is 0.0358. The maximum atomic E-state index is 12.9. The first-order valence-corrected chi connectivity index (χ1v) is 15.6. The second kappa shape index (κ2) is 11.5. The Bertz CT molecular complexity index is 1880. The minimum atomic E-state index is -3.55. The monoisotopic (exact) mass is 599 g/mol. The number of benzene rings is 3. The van der Waals surface area contributed by atoms with Gasteiger partial charge in [-0.1, -0.05) is 6.07 Å². The number of nitriles is 1. The SMILES string of the molecule is CS(=O)(=O)c1cccc(N(C(N)=O)c2c(-c3ccnc4cc(OCCCN5CCOCC5)c(C#N)cc34)ccc3c2O3)c1. The van der Waals surface area contributed by atoms with E-state index in [1.807, 2.05) is 0 Å². The molecule has 1 saturated heterocycles. The van der Waals surface area contributed by atoms with Gasteiger partial charge in [0.05, 0.1) is 41.5 Å². The molecule has 3 aromatic carbocycles. The largest absolute Gasteiger partial charge is 0.492 e. The zero-order valence-electron chi connectivity index (χ0n) is 23.4. The number of carbonyl (C=O) groups excluding carboxylic acids is 1. The third-order valence-corrected chi connectivity index (χ3v) is 8.56. The van der Waals surface area contributed by atoms with Crippen LogP contribution in [0, 0.1) is 11.3 Å². The van der Waals surface area contributed by atoms with E-state index in [2.05, 4.69) is 16.0 Å². The van der Waals surface area contributed by atoms with Crippen LogP contribution in [0.25, 0.3) is 22.0 Å². The van der Waals surface area contributed by atoms with Gasteiger partial charge in [-0.15, -0.1) is 0 Å². The van der Waals surface area contributed by atoms with Crippen molar-refractivity contribution in [2.45, 2.75) is 11.3 Å². The number of sulfone groups is 1. The van der Waals surface area contributed by atoms with Gasteiger partial charge >= 0.3 is 6.03 Å². The van der Waals surface area contributed by atoms with E-state index < -0.39 is 15.9 Å². The van der Waals surface area contributed by atoms with E-state index in [1.165, 1.54) is 17.0 Å². The van der Waals surface area contributed by atoms with Crippen molar-refractivity contribution < 1.29 is 27.4 Å². The van der Waals surface area contributed by atoms with Crippen molar-refractivity contribution in [3.8, 4) is 34.4 Å². The summed E-state index contributed by atoms with van der Waals surface area (Å²) in [7, 11) is -3.55. The van der Waals surface area contributed by atoms with E-state index in [1.54, 1.807) is 48.7 Å². The molecule has 0 unspecified atom stereocenters. The minimum Gasteiger partial charge on any atom is -0.492 e. The average molecular weight is 600 g/mol. The number of urea groups is 1. The van der Waals surface area contributed by atoms with Crippen LogP contribution >= 0.6 is 0 Å². The Morgan fingerprint density at radius 2 is 1.95 bits per heavy atom. The van der Waals surface area contributed by atoms with Gasteiger partial charge in [0.2, 0.25) is 0 Å². The molecule has 12 heteroatoms. The summed E-state index contributed by atoms with van der Waals surface area (Å²) in [6.45, 7) is 4.61. The standard InChI is InChI=1S/C31H29N5O6S/c1-43(38,39)22-5-2-4-21(17-22)36(31(33)37)29-24(6-7-27-30(29)42-27)23-8-9-34-26-18-28(20(19-32)16-25(23)26)41-13-3-10-35-11-14-40-15-12-35/h2,4-9,16-18H,3,10-15H2,1H3,(H2,33,37). The minimum absolute atomic E-state index is 0.0427. The fraction of sp³-hybridized carbons (Fsp3) is 0.258. The number of aromatic nitrogens is 1. The van der Waals surface area contributed by atoms with Crippen molar-refractivity contribution >= 4 is 38.1 Å². The number of nitrogens with two attached hydrogens (primary N) is 1. The summed E-state index contributed by atoms with van der Waals surface area (Å²) in [5.74, 6) is 1.47. The highest BCUT2D eigenvalue weighted by molar-refractivity contribution is 7.90. The summed E-state index contributed by atoms with van der Waals surface area (Å²) in [6, 6.07) is 16.3. The summed E-state index contributed by atoms with van der Waals surface area (Å²) in [4.78, 5) is 21.1. The molecule has 2 aliphatic rings. The highest BCUT2D eigenvalue weighted by Gasteiger charge is 2.34. The fourth-order valence-electron chi connectivity index (χ4n) is 5.29. The average Bonchev–Trinajstić information content (AvgIpc) is 3.79. The molecule has 11 nitrogen and oxygen atoms in total. The van der Waals surface area contributed by atoms with Gasteiger partial charge in [-0.3, -0.25) is 14.8 Å². The number of pyridine rings is 1. The second-order valence-corrected chi connectivity index (χ2v) is 12.3. The van der Waals surface area contributed by atoms with E-state index in [0.717, 1.165) is 45.5 Å². The highest BCUT2D eigenvalue weighted by Crippen LogP contribution is 2.58. The number of carbonyl (C=O) groups is 1. The zero-order chi connectivity index (χ0) is 30.1. The van der Waals surface area contributed by atoms with Crippen LogP contribution in [0.15, 0.2) is 65.7 Å². The Balaban J connectivity index is 1.37. The topological polar surface area (TPSA) is 151 Å². The number of amides is 2. The molecule has 1 fully saturated rings. The Kier molecular flexibility index (Phi) is 7.62. The van der Waals surface area contributed by atoms with E-state index in [-0.39, 0.29) is 10.6 Å². The summed E-state index contributed by atoms with van der Waals surface area (Å²) < 4.78 is 41.6. The van der Waals surface area contributed by atoms with E-state index in [4.69, 9.17) is 19.9 Å². The molecule has 4 aromatic rings. The number of anilines is 2. The van der Waals surface area contributed by atoms with Gasteiger partial charge in [-0.2, -0.15) is 5.26 Å². The molecular weight excluding hydrogens is 570 g/mol. The predicted molar refractivity (Wildman–Crippen MR) is 161 cm³/mol. The number of nitrogens with zero attached hydrogens (tertiary/aromatic N) is 4. The van der Waals surface area contributed by atoms with Gasteiger partial charge in [0.15, 0.2) is 21.3 Å². The molecular formula is C31H29N5O6S. The number of ether oxygens (including phenoxy) is 3. The van der Waals surface area contributed by atoms with Gasteiger partial charge < -0.3 is 19.9 Å². The van der Waals surface area contributed by atoms with E-state index in [0.29, 0.717) is 57.1 Å². The molecule has 0 aliphatic carbocycles. The molecule has 220 valence electrons. The van der Waals surface area contributed by atoms with Gasteiger partial charge in [0, 0.05) is 49.1 Å². The normalized spacial score (nSPS) is 14.4. The quantitative estimate of drug-likeness (QED) is 0.189. The number of primary amides is 1. The van der Waals surface area contributed by atoms with Crippen LogP contribution in [-0.4, -0.2) is 70.0 Å². The van der Waals surface area contributed by atoms with Crippen LogP contribution < -0.4 is 20.1 Å². The van der Waals surface area contributed by atoms with Gasteiger partial charge in [-0.25, -0.2) is 13.2 Å². The lowest BCUT2D eigenvalue weighted by Gasteiger charge is -2.26. The maximum Gasteiger partial charge on any atom is 0.324 e. The molecule has 3 heterocycles. The van der Waals surface area contributed by atoms with Crippen molar-refractivity contribution in [3.63, 3.8) is 0 Å². The summed E-state index contributed by atoms with van der Waals surface area (Å²) in [5.41, 5.74) is 8.74. The second-order valence-electron chi connectivity index (χ2n) is 10.3. The smallest absolute Gasteiger partial charge is 0.324 e. The molecule has 2 aliphatic heterocycles. The van der Waals surface area contributed by atoms with E-state index >= 15 is 0 Å². The zero-order valence-corrected chi connectivity index (χ0v) is 24.3. The lowest BCUT2D eigenvalue weighted by Crippen LogP contribution is -2.37. The molecule has 2 amide bonds. The van der Waals surface area contributed by atoms with Gasteiger partial charge in [-0.05, 0) is 54.4 Å². The fourth-order valence-corrected chi connectivity index (χ4v) is 5.95. The number of hydrogen-bond acceptors (Lipinski definition) is 9. The molecule has 6 rings (SSSR count). The van der Waals surface area contributed by atoms with Crippen LogP contribution in [0.1, 0.15) is 12.0 Å². The molecule has 2 N–H and O–H groups in total. The van der Waals surface area contributed by atoms with Crippen LogP contribution in [-0.2, 0) is 14.6 Å². The molecule has 0 spiro atoms. The summed E-state index contributed by atoms with van der Waals surface area (Å²) >= 11 is 0. The number of morpholine rings is 1. The maximum absolute atomic E-state index is 12.9. The molecule has 0 bridgehead atoms. The lowest BCUT2D eigenvalue weighted by atomic mass is 9.97.